The molecule has 1 saturated heterocycles. The van der Waals surface area contributed by atoms with Crippen LogP contribution in [0.25, 0.3) is 0 Å². The van der Waals surface area contributed by atoms with Gasteiger partial charge in [-0.15, -0.1) is 0 Å². The first-order valence-corrected chi connectivity index (χ1v) is 9.06. The smallest absolute Gasteiger partial charge is 0.271 e. The van der Waals surface area contributed by atoms with Gasteiger partial charge in [0.2, 0.25) is 5.91 Å². The zero-order chi connectivity index (χ0) is 20.3. The van der Waals surface area contributed by atoms with Crippen LogP contribution in [0.1, 0.15) is 10.4 Å². The zero-order valence-corrected chi connectivity index (χ0v) is 16.4. The topological polar surface area (TPSA) is 90.9 Å². The molecule has 1 aliphatic rings. The number of hydrazone groups is 1. The van der Waals surface area contributed by atoms with Crippen molar-refractivity contribution in [2.75, 3.05) is 4.90 Å². The molecule has 0 spiro atoms. The Morgan fingerprint density at radius 2 is 1.64 bits per heavy atom. The van der Waals surface area contributed by atoms with E-state index in [9.17, 15) is 14.4 Å². The highest BCUT2D eigenvalue weighted by Crippen LogP contribution is 2.22. The van der Waals surface area contributed by atoms with Gasteiger partial charge in [-0.2, -0.15) is 5.10 Å². The van der Waals surface area contributed by atoms with Crippen LogP contribution in [0, 0.1) is 5.92 Å². The van der Waals surface area contributed by atoms with E-state index >= 15 is 0 Å². The maximum absolute atomic E-state index is 12.7. The van der Waals surface area contributed by atoms with Gasteiger partial charge < -0.3 is 5.32 Å². The third kappa shape index (κ3) is 4.36. The largest absolute Gasteiger partial charge is 0.301 e. The number of carbonyl (C=O) groups excluding carboxylic acids is 3. The van der Waals surface area contributed by atoms with E-state index in [0.717, 1.165) is 6.21 Å². The van der Waals surface area contributed by atoms with Crippen molar-refractivity contribution in [3.05, 3.63) is 64.1 Å². The Bertz CT molecular complexity index is 977. The second kappa shape index (κ2) is 8.47. The van der Waals surface area contributed by atoms with Crippen molar-refractivity contribution in [1.82, 2.24) is 10.7 Å². The van der Waals surface area contributed by atoms with Crippen molar-refractivity contribution < 1.29 is 14.4 Å². The summed E-state index contributed by atoms with van der Waals surface area (Å²) < 4.78 is 0. The predicted molar refractivity (Wildman–Crippen MR) is 111 cm³/mol. The Morgan fingerprint density at radius 1 is 1.07 bits per heavy atom. The molecule has 0 unspecified atom stereocenters. The zero-order valence-electron chi connectivity index (χ0n) is 14.1. The number of hydrogen-bond acceptors (Lipinski definition) is 5. The number of carbonyl (C=O) groups is 3. The number of benzene rings is 2. The summed E-state index contributed by atoms with van der Waals surface area (Å²) in [5.74, 6) is -3.00. The molecule has 0 aromatic heterocycles. The first kappa shape index (κ1) is 19.9. The number of amides is 3. The maximum Gasteiger partial charge on any atom is 0.271 e. The third-order valence-corrected chi connectivity index (χ3v) is 4.57. The van der Waals surface area contributed by atoms with Crippen LogP contribution in [0.2, 0.25) is 10.0 Å². The molecule has 2 aromatic carbocycles. The van der Waals surface area contributed by atoms with Gasteiger partial charge in [-0.25, -0.2) is 5.43 Å². The predicted octanol–water partition coefficient (Wildman–Crippen LogP) is 2.77. The van der Waals surface area contributed by atoms with Gasteiger partial charge >= 0.3 is 0 Å². The maximum atomic E-state index is 12.7. The molecular formula is C18H12Cl2N4O3S. The SMILES string of the molecule is O=C(N/N=C\[C@@H]1C(=O)NC(=S)N(c2ccc(Cl)cc2)C1=O)c1ccc(Cl)cc1. The second-order valence-electron chi connectivity index (χ2n) is 5.65. The summed E-state index contributed by atoms with van der Waals surface area (Å²) >= 11 is 16.7. The van der Waals surface area contributed by atoms with E-state index in [4.69, 9.17) is 35.4 Å². The molecule has 1 fully saturated rings. The van der Waals surface area contributed by atoms with Gasteiger partial charge in [-0.05, 0) is 60.7 Å². The Hall–Kier alpha value is -2.81. The Kier molecular flexibility index (Phi) is 6.03. The molecule has 3 amide bonds. The number of halogens is 2. The Balaban J connectivity index is 1.74. The molecule has 3 rings (SSSR count). The number of hydrogen-bond donors (Lipinski definition) is 2. The van der Waals surface area contributed by atoms with E-state index in [1.165, 1.54) is 17.0 Å². The van der Waals surface area contributed by atoms with Crippen molar-refractivity contribution in [1.29, 1.82) is 0 Å². The van der Waals surface area contributed by atoms with E-state index in [-0.39, 0.29) is 5.11 Å². The highest BCUT2D eigenvalue weighted by atomic mass is 35.5. The lowest BCUT2D eigenvalue weighted by molar-refractivity contribution is -0.130. The summed E-state index contributed by atoms with van der Waals surface area (Å²) in [7, 11) is 0. The fourth-order valence-corrected chi connectivity index (χ4v) is 2.94. The quantitative estimate of drug-likeness (QED) is 0.335. The summed E-state index contributed by atoms with van der Waals surface area (Å²) in [6.45, 7) is 0. The summed E-state index contributed by atoms with van der Waals surface area (Å²) in [5, 5.41) is 7.11. The van der Waals surface area contributed by atoms with Crippen LogP contribution in [0.3, 0.4) is 0 Å². The van der Waals surface area contributed by atoms with Gasteiger partial charge in [-0.1, -0.05) is 23.2 Å². The van der Waals surface area contributed by atoms with Crippen molar-refractivity contribution >= 4 is 70.2 Å². The molecular weight excluding hydrogens is 423 g/mol. The molecule has 2 N–H and O–H groups in total. The first-order chi connectivity index (χ1) is 13.4. The highest BCUT2D eigenvalue weighted by Gasteiger charge is 2.38. The summed E-state index contributed by atoms with van der Waals surface area (Å²) in [5.41, 5.74) is 3.04. The number of nitrogens with zero attached hydrogens (tertiary/aromatic N) is 2. The lowest BCUT2D eigenvalue weighted by Gasteiger charge is -2.30. The summed E-state index contributed by atoms with van der Waals surface area (Å²) in [6, 6.07) is 12.5. The van der Waals surface area contributed by atoms with Gasteiger partial charge in [-0.3, -0.25) is 19.3 Å². The molecule has 2 aromatic rings. The lowest BCUT2D eigenvalue weighted by Crippen LogP contribution is -2.58. The average molecular weight is 435 g/mol. The van der Waals surface area contributed by atoms with Crippen LogP contribution in [0.4, 0.5) is 5.69 Å². The number of anilines is 1. The summed E-state index contributed by atoms with van der Waals surface area (Å²) in [6.07, 6.45) is 1.05. The van der Waals surface area contributed by atoms with E-state index in [2.05, 4.69) is 15.8 Å². The molecule has 142 valence electrons. The van der Waals surface area contributed by atoms with Crippen LogP contribution in [-0.2, 0) is 9.59 Å². The van der Waals surface area contributed by atoms with Crippen molar-refractivity contribution in [2.45, 2.75) is 0 Å². The molecule has 7 nitrogen and oxygen atoms in total. The normalized spacial score (nSPS) is 17.0. The summed E-state index contributed by atoms with van der Waals surface area (Å²) in [4.78, 5) is 38.1. The molecule has 28 heavy (non-hydrogen) atoms. The Morgan fingerprint density at radius 3 is 2.25 bits per heavy atom. The van der Waals surface area contributed by atoms with Crippen molar-refractivity contribution in [3.63, 3.8) is 0 Å². The molecule has 0 saturated carbocycles. The molecule has 1 atom stereocenters. The molecule has 1 aliphatic heterocycles. The number of rotatable bonds is 4. The number of nitrogens with one attached hydrogen (secondary N) is 2. The van der Waals surface area contributed by atoms with Gasteiger partial charge in [0.1, 0.15) is 0 Å². The number of thiocarbonyl (C=S) groups is 1. The van der Waals surface area contributed by atoms with Crippen LogP contribution in [-0.4, -0.2) is 29.0 Å². The van der Waals surface area contributed by atoms with E-state index in [1.807, 2.05) is 0 Å². The molecule has 1 heterocycles. The van der Waals surface area contributed by atoms with Gasteiger partial charge in [0.25, 0.3) is 11.8 Å². The van der Waals surface area contributed by atoms with Crippen molar-refractivity contribution in [3.8, 4) is 0 Å². The van der Waals surface area contributed by atoms with Gasteiger partial charge in [0.15, 0.2) is 11.0 Å². The average Bonchev–Trinajstić information content (AvgIpc) is 2.66. The van der Waals surface area contributed by atoms with E-state index in [1.54, 1.807) is 36.4 Å². The standard InChI is InChI=1S/C18H12Cl2N4O3S/c19-11-3-1-10(2-4-11)15(25)23-21-9-14-16(26)22-18(28)24(17(14)27)13-7-5-12(20)6-8-13/h1-9,14H,(H,23,25)(H,22,26,28)/b21-9-/t14-/m1/s1. The van der Waals surface area contributed by atoms with Crippen LogP contribution in [0.5, 0.6) is 0 Å². The molecule has 0 radical (unpaired) electrons. The molecule has 0 aliphatic carbocycles. The first-order valence-electron chi connectivity index (χ1n) is 7.90. The minimum absolute atomic E-state index is 0.0489. The van der Waals surface area contributed by atoms with E-state index < -0.39 is 23.6 Å². The van der Waals surface area contributed by atoms with Crippen LogP contribution >= 0.6 is 35.4 Å². The minimum atomic E-state index is -1.26. The van der Waals surface area contributed by atoms with Gasteiger partial charge in [0, 0.05) is 21.8 Å². The fourth-order valence-electron chi connectivity index (χ4n) is 2.39. The highest BCUT2D eigenvalue weighted by molar-refractivity contribution is 7.80. The Labute approximate surface area is 175 Å². The molecule has 0 bridgehead atoms. The molecule has 10 heteroatoms. The van der Waals surface area contributed by atoms with Crippen LogP contribution in [0.15, 0.2) is 53.6 Å². The third-order valence-electron chi connectivity index (χ3n) is 3.78. The fraction of sp³-hybridized carbons (Fsp3) is 0.0556. The minimum Gasteiger partial charge on any atom is -0.301 e. The van der Waals surface area contributed by atoms with Crippen molar-refractivity contribution in [2.24, 2.45) is 11.0 Å². The monoisotopic (exact) mass is 434 g/mol. The second-order valence-corrected chi connectivity index (χ2v) is 6.91. The van der Waals surface area contributed by atoms with E-state index in [0.29, 0.717) is 21.3 Å². The lowest BCUT2D eigenvalue weighted by atomic mass is 10.1. The van der Waals surface area contributed by atoms with Crippen LogP contribution < -0.4 is 15.6 Å². The van der Waals surface area contributed by atoms with Gasteiger partial charge in [0.05, 0.1) is 5.69 Å².